The van der Waals surface area contributed by atoms with Crippen molar-refractivity contribution in [2.45, 2.75) is 71.1 Å². The predicted molar refractivity (Wildman–Crippen MR) is 232 cm³/mol. The summed E-state index contributed by atoms with van der Waals surface area (Å²) in [5.41, 5.74) is 6.30. The number of carbonyl (C=O) groups excluding carboxylic acids is 1. The molecule has 61 heavy (non-hydrogen) atoms. The van der Waals surface area contributed by atoms with E-state index in [4.69, 9.17) is 31.0 Å². The number of nitrogens with zero attached hydrogens (tertiary/aromatic N) is 10. The number of fused-ring (bicyclic) bond motifs is 4. The number of aryl methyl sites for hydroxylation is 2. The topological polar surface area (TPSA) is 163 Å². The second-order valence-corrected chi connectivity index (χ2v) is 18.1. The lowest BCUT2D eigenvalue weighted by Gasteiger charge is -2.29. The van der Waals surface area contributed by atoms with Gasteiger partial charge >= 0.3 is 0 Å². The quantitative estimate of drug-likeness (QED) is 0.154. The van der Waals surface area contributed by atoms with Crippen LogP contribution in [0.3, 0.4) is 0 Å². The van der Waals surface area contributed by atoms with E-state index in [1.165, 1.54) is 16.1 Å². The summed E-state index contributed by atoms with van der Waals surface area (Å²) >= 11 is 7.93. The van der Waals surface area contributed by atoms with Gasteiger partial charge in [0, 0.05) is 71.8 Å². The molecule has 1 aliphatic carbocycles. The number of ether oxygens (including phenoxy) is 1. The first-order valence-corrected chi connectivity index (χ1v) is 22.0. The zero-order chi connectivity index (χ0) is 41.8. The van der Waals surface area contributed by atoms with Crippen molar-refractivity contribution in [2.24, 2.45) is 16.8 Å². The number of amides is 1. The number of benzene rings is 2. The van der Waals surface area contributed by atoms with Gasteiger partial charge in [-0.25, -0.2) is 4.98 Å². The van der Waals surface area contributed by atoms with Crippen LogP contribution in [-0.2, 0) is 6.42 Å². The molecule has 1 N–H and O–H groups in total. The maximum absolute atomic E-state index is 13.1. The molecule has 16 heteroatoms. The fraction of sp³-hybridized carbons (Fsp3) is 0.378. The maximum Gasteiger partial charge on any atom is 0.272 e. The summed E-state index contributed by atoms with van der Waals surface area (Å²) in [5.74, 6) is 4.48. The van der Waals surface area contributed by atoms with Crippen molar-refractivity contribution in [3.63, 3.8) is 0 Å². The summed E-state index contributed by atoms with van der Waals surface area (Å²) < 4.78 is 13.9. The van der Waals surface area contributed by atoms with E-state index in [0.717, 1.165) is 91.2 Å². The Kier molecular flexibility index (Phi) is 10.3. The number of anilines is 2. The maximum atomic E-state index is 13.1. The van der Waals surface area contributed by atoms with Gasteiger partial charge in [0.2, 0.25) is 0 Å². The second kappa shape index (κ2) is 16.1. The molecular formula is C45H44ClN11O3S. The molecule has 310 valence electrons. The minimum absolute atomic E-state index is 0.0285. The fourth-order valence-electron chi connectivity index (χ4n) is 9.32. The number of thiophene rings is 1. The van der Waals surface area contributed by atoms with E-state index in [-0.39, 0.29) is 24.1 Å². The molecule has 14 nitrogen and oxygen atoms in total. The second-order valence-electron chi connectivity index (χ2n) is 16.5. The molecule has 4 aliphatic rings. The minimum atomic E-state index is -0.312. The molecule has 3 fully saturated rings. The SMILES string of the molecule is Cc1sc2c(c1C)C(c1ccc(N3C[C@@H]4CN(c5ccc(C(=O)NC6CCC(Oc7ccc(C#N)c(Cl)c7)CC6)nn5)C[C@@H]4C3)cc1)=N[C@@H](Cc1ncco1)c1nnc(C)n1-2. The molecule has 1 amide bonds. The Morgan fingerprint density at radius 3 is 2.41 bits per heavy atom. The molecule has 3 atom stereocenters. The van der Waals surface area contributed by atoms with Crippen LogP contribution in [0.15, 0.2) is 76.5 Å². The largest absolute Gasteiger partial charge is 0.490 e. The number of nitrogens with one attached hydrogen (secondary N) is 1. The average Bonchev–Trinajstić information content (AvgIpc) is 4.11. The smallest absolute Gasteiger partial charge is 0.272 e. The van der Waals surface area contributed by atoms with Gasteiger partial charge in [-0.1, -0.05) is 23.7 Å². The molecular weight excluding hydrogens is 810 g/mol. The van der Waals surface area contributed by atoms with Crippen LogP contribution >= 0.6 is 22.9 Å². The molecule has 6 aromatic rings. The van der Waals surface area contributed by atoms with E-state index in [1.54, 1.807) is 48.1 Å². The van der Waals surface area contributed by atoms with E-state index in [1.807, 2.05) is 13.0 Å². The van der Waals surface area contributed by atoms with Gasteiger partial charge in [0.1, 0.15) is 34.9 Å². The summed E-state index contributed by atoms with van der Waals surface area (Å²) in [5, 5.41) is 31.7. The normalized spacial score (nSPS) is 21.9. The van der Waals surface area contributed by atoms with Crippen molar-refractivity contribution in [1.82, 2.24) is 35.3 Å². The van der Waals surface area contributed by atoms with Gasteiger partial charge in [-0.3, -0.25) is 14.4 Å². The van der Waals surface area contributed by atoms with Gasteiger partial charge in [-0.15, -0.1) is 31.7 Å². The average molecular weight is 854 g/mol. The number of hydrogen-bond acceptors (Lipinski definition) is 13. The molecule has 10 rings (SSSR count). The van der Waals surface area contributed by atoms with E-state index in [0.29, 0.717) is 46.2 Å². The molecule has 2 saturated heterocycles. The molecule has 0 bridgehead atoms. The van der Waals surface area contributed by atoms with Gasteiger partial charge in [0.05, 0.1) is 35.0 Å². The standard InChI is InChI=1S/C45H44ClN11O3S/c1-25-26(2)61-45-41(25)42(50-38(19-40-48-16-17-59-40)43-54-51-27(3)57(43)45)28-4-9-33(10-5-28)55-21-30-23-56(24-31(30)22-55)39-15-14-37(52-53-39)44(58)49-32-7-12-34(13-8-32)60-35-11-6-29(20-47)36(46)18-35/h4-6,9-11,14-18,30-32,34,38H,7-8,12-13,19,21-24H2,1-3H3,(H,49,58)/t30-,31+,32?,34?,38-/m0/s1. The molecule has 0 spiro atoms. The van der Waals surface area contributed by atoms with E-state index in [2.05, 4.69) is 89.2 Å². The first-order chi connectivity index (χ1) is 29.7. The van der Waals surface area contributed by atoms with Gasteiger partial charge in [-0.2, -0.15) is 5.26 Å². The summed E-state index contributed by atoms with van der Waals surface area (Å²) in [6.07, 6.45) is 6.97. The van der Waals surface area contributed by atoms with Crippen LogP contribution in [0.4, 0.5) is 11.5 Å². The van der Waals surface area contributed by atoms with Crippen molar-refractivity contribution < 1.29 is 13.9 Å². The number of oxazole rings is 1. The van der Waals surface area contributed by atoms with E-state index in [9.17, 15) is 4.79 Å². The monoisotopic (exact) mass is 853 g/mol. The van der Waals surface area contributed by atoms with E-state index < -0.39 is 0 Å². The van der Waals surface area contributed by atoms with Crippen LogP contribution in [-0.4, -0.2) is 79.9 Å². The molecule has 0 radical (unpaired) electrons. The molecule has 4 aromatic heterocycles. The zero-order valence-electron chi connectivity index (χ0n) is 34.1. The lowest BCUT2D eigenvalue weighted by Crippen LogP contribution is -2.40. The van der Waals surface area contributed by atoms with Crippen molar-refractivity contribution in [1.29, 1.82) is 5.26 Å². The summed E-state index contributed by atoms with van der Waals surface area (Å²) in [4.78, 5) is 29.0. The number of hydrogen-bond donors (Lipinski definition) is 1. The van der Waals surface area contributed by atoms with Gasteiger partial charge in [0.15, 0.2) is 23.2 Å². The Morgan fingerprint density at radius 2 is 1.72 bits per heavy atom. The first-order valence-electron chi connectivity index (χ1n) is 20.8. The Bertz CT molecular complexity index is 2650. The summed E-state index contributed by atoms with van der Waals surface area (Å²) in [6.45, 7) is 10.0. The third kappa shape index (κ3) is 7.52. The number of rotatable bonds is 9. The Balaban J connectivity index is 0.755. The lowest BCUT2D eigenvalue weighted by atomic mass is 9.93. The van der Waals surface area contributed by atoms with Crippen LogP contribution in [0, 0.1) is 43.9 Å². The first kappa shape index (κ1) is 39.1. The molecule has 2 aromatic carbocycles. The van der Waals surface area contributed by atoms with Crippen molar-refractivity contribution >= 4 is 46.1 Å². The van der Waals surface area contributed by atoms with Crippen molar-refractivity contribution in [3.8, 4) is 16.8 Å². The van der Waals surface area contributed by atoms with Crippen molar-refractivity contribution in [2.75, 3.05) is 36.0 Å². The highest BCUT2D eigenvalue weighted by Crippen LogP contribution is 2.41. The Labute approximate surface area is 362 Å². The van der Waals surface area contributed by atoms with E-state index >= 15 is 0 Å². The zero-order valence-corrected chi connectivity index (χ0v) is 35.7. The number of carbonyl (C=O) groups is 1. The minimum Gasteiger partial charge on any atom is -0.490 e. The fourth-order valence-corrected chi connectivity index (χ4v) is 10.7. The van der Waals surface area contributed by atoms with Crippen LogP contribution < -0.4 is 19.9 Å². The van der Waals surface area contributed by atoms with Gasteiger partial charge in [-0.05, 0) is 88.4 Å². The number of halogens is 1. The third-order valence-electron chi connectivity index (χ3n) is 12.7. The molecule has 7 heterocycles. The number of nitriles is 1. The van der Waals surface area contributed by atoms with Crippen molar-refractivity contribution in [3.05, 3.63) is 122 Å². The predicted octanol–water partition coefficient (Wildman–Crippen LogP) is 7.38. The number of aromatic nitrogens is 6. The lowest BCUT2D eigenvalue weighted by molar-refractivity contribution is 0.0888. The summed E-state index contributed by atoms with van der Waals surface area (Å²) in [7, 11) is 0. The molecule has 1 saturated carbocycles. The van der Waals surface area contributed by atoms with Crippen LogP contribution in [0.5, 0.6) is 5.75 Å². The highest BCUT2D eigenvalue weighted by molar-refractivity contribution is 7.15. The Hall–Kier alpha value is -6.11. The van der Waals surface area contributed by atoms with Crippen LogP contribution in [0.2, 0.25) is 5.02 Å². The summed E-state index contributed by atoms with van der Waals surface area (Å²) in [6, 6.07) is 19.5. The van der Waals surface area contributed by atoms with Crippen LogP contribution in [0.1, 0.15) is 86.9 Å². The van der Waals surface area contributed by atoms with Gasteiger partial charge in [0.25, 0.3) is 5.91 Å². The highest BCUT2D eigenvalue weighted by Gasteiger charge is 2.41. The molecule has 3 aliphatic heterocycles. The Morgan fingerprint density at radius 1 is 0.951 bits per heavy atom. The van der Waals surface area contributed by atoms with Gasteiger partial charge < -0.3 is 24.3 Å². The van der Waals surface area contributed by atoms with Crippen LogP contribution in [0.25, 0.3) is 5.00 Å². The molecule has 0 unspecified atom stereocenters. The number of aliphatic imine (C=N–C) groups is 1. The third-order valence-corrected chi connectivity index (χ3v) is 14.2. The highest BCUT2D eigenvalue weighted by atomic mass is 35.5.